The Bertz CT molecular complexity index is 282. The van der Waals surface area contributed by atoms with Gasteiger partial charge in [-0.2, -0.15) is 0 Å². The van der Waals surface area contributed by atoms with Crippen molar-refractivity contribution in [3.8, 4) is 0 Å². The molecule has 1 nitrogen and oxygen atoms in total. The normalized spacial score (nSPS) is 48.2. The minimum Gasteiger partial charge on any atom is -0.393 e. The van der Waals surface area contributed by atoms with Crippen LogP contribution in [-0.4, -0.2) is 11.2 Å². The first-order valence-electron chi connectivity index (χ1n) is 8.39. The van der Waals surface area contributed by atoms with Gasteiger partial charge in [0.25, 0.3) is 0 Å². The van der Waals surface area contributed by atoms with E-state index in [0.29, 0.717) is 5.41 Å². The number of rotatable bonds is 4. The molecule has 5 aliphatic carbocycles. The van der Waals surface area contributed by atoms with E-state index >= 15 is 0 Å². The molecule has 0 saturated heterocycles. The van der Waals surface area contributed by atoms with Crippen LogP contribution in [0.4, 0.5) is 0 Å². The highest BCUT2D eigenvalue weighted by atomic mass is 16.3. The third-order valence-electron chi connectivity index (χ3n) is 6.66. The average Bonchev–Trinajstić information content (AvgIpc) is 2.20. The molecule has 1 unspecified atom stereocenters. The lowest BCUT2D eigenvalue weighted by Gasteiger charge is -2.57. The molecule has 0 aromatic rings. The molecule has 0 amide bonds. The monoisotopic (exact) mass is 248 g/mol. The number of aliphatic hydroxyl groups is 1. The maximum atomic E-state index is 10.4. The van der Waals surface area contributed by atoms with Crippen molar-refractivity contribution in [2.24, 2.45) is 29.1 Å². The first-order chi connectivity index (χ1) is 8.71. The first kappa shape index (κ1) is 11.8. The molecule has 5 saturated carbocycles. The van der Waals surface area contributed by atoms with Gasteiger partial charge in [-0.05, 0) is 80.5 Å². The van der Waals surface area contributed by atoms with Crippen molar-refractivity contribution in [2.75, 3.05) is 0 Å². The topological polar surface area (TPSA) is 20.2 Å². The average molecular weight is 248 g/mol. The minimum absolute atomic E-state index is 0.0200. The van der Waals surface area contributed by atoms with Gasteiger partial charge in [-0.15, -0.1) is 0 Å². The van der Waals surface area contributed by atoms with Crippen molar-refractivity contribution in [1.29, 1.82) is 0 Å². The maximum absolute atomic E-state index is 10.4. The van der Waals surface area contributed by atoms with Crippen LogP contribution in [0, 0.1) is 29.1 Å². The molecule has 1 N–H and O–H groups in total. The Morgan fingerprint density at radius 1 is 0.944 bits per heavy atom. The van der Waals surface area contributed by atoms with E-state index in [4.69, 9.17) is 0 Å². The van der Waals surface area contributed by atoms with E-state index in [1.807, 2.05) is 0 Å². The van der Waals surface area contributed by atoms with Crippen LogP contribution in [0.1, 0.15) is 70.6 Å². The molecule has 0 aromatic carbocycles. The van der Waals surface area contributed by atoms with E-state index in [9.17, 15) is 5.11 Å². The van der Waals surface area contributed by atoms with Crippen molar-refractivity contribution in [2.45, 2.75) is 76.7 Å². The zero-order valence-electron chi connectivity index (χ0n) is 11.6. The number of aliphatic hydroxyl groups excluding tert-OH is 1. The number of hydrogen-bond acceptors (Lipinski definition) is 1. The van der Waals surface area contributed by atoms with E-state index in [2.05, 4.69) is 0 Å². The molecule has 4 bridgehead atoms. The molecule has 1 heteroatoms. The molecule has 0 radical (unpaired) electrons. The zero-order valence-corrected chi connectivity index (χ0v) is 11.6. The third-order valence-corrected chi connectivity index (χ3v) is 6.66. The van der Waals surface area contributed by atoms with Gasteiger partial charge in [-0.1, -0.05) is 19.3 Å². The summed E-state index contributed by atoms with van der Waals surface area (Å²) in [5, 5.41) is 10.4. The fourth-order valence-electron chi connectivity index (χ4n) is 6.24. The van der Waals surface area contributed by atoms with Crippen LogP contribution in [0.3, 0.4) is 0 Å². The lowest BCUT2D eigenvalue weighted by Crippen LogP contribution is -2.47. The quantitative estimate of drug-likeness (QED) is 0.792. The molecule has 1 atom stereocenters. The van der Waals surface area contributed by atoms with E-state index in [1.54, 1.807) is 0 Å². The van der Waals surface area contributed by atoms with Gasteiger partial charge < -0.3 is 5.11 Å². The van der Waals surface area contributed by atoms with Crippen molar-refractivity contribution >= 4 is 0 Å². The minimum atomic E-state index is 0.0200. The summed E-state index contributed by atoms with van der Waals surface area (Å²) in [5.41, 5.74) is 0.581. The SMILES string of the molecule is OC(CC1CCC1)CC12CC3CC(CC(C3)C1)C2. The highest BCUT2D eigenvalue weighted by molar-refractivity contribution is 5.02. The second-order valence-corrected chi connectivity index (χ2v) is 8.31. The lowest BCUT2D eigenvalue weighted by atomic mass is 9.48. The Kier molecular flexibility index (Phi) is 2.76. The standard InChI is InChI=1S/C17H28O/c18-16(7-12-2-1-3-12)11-17-8-13-4-14(9-17)6-15(5-13)10-17/h12-16,18H,1-11H2. The summed E-state index contributed by atoms with van der Waals surface area (Å²) >= 11 is 0. The summed E-state index contributed by atoms with van der Waals surface area (Å²) in [4.78, 5) is 0. The van der Waals surface area contributed by atoms with Crippen LogP contribution in [0.25, 0.3) is 0 Å². The van der Waals surface area contributed by atoms with E-state index in [1.165, 1.54) is 57.8 Å². The molecular weight excluding hydrogens is 220 g/mol. The summed E-state index contributed by atoms with van der Waals surface area (Å²) in [6, 6.07) is 0. The fraction of sp³-hybridized carbons (Fsp3) is 1.00. The Labute approximate surface area is 111 Å². The van der Waals surface area contributed by atoms with Crippen molar-refractivity contribution < 1.29 is 5.11 Å². The summed E-state index contributed by atoms with van der Waals surface area (Å²) in [5.74, 6) is 3.97. The van der Waals surface area contributed by atoms with Crippen molar-refractivity contribution in [1.82, 2.24) is 0 Å². The third kappa shape index (κ3) is 2.03. The fourth-order valence-corrected chi connectivity index (χ4v) is 6.24. The van der Waals surface area contributed by atoms with E-state index in [-0.39, 0.29) is 6.10 Å². The molecule has 102 valence electrons. The Morgan fingerprint density at radius 2 is 1.50 bits per heavy atom. The summed E-state index contributed by atoms with van der Waals surface area (Å²) in [7, 11) is 0. The highest BCUT2D eigenvalue weighted by Gasteiger charge is 2.51. The summed E-state index contributed by atoms with van der Waals surface area (Å²) < 4.78 is 0. The highest BCUT2D eigenvalue weighted by Crippen LogP contribution is 2.61. The Balaban J connectivity index is 1.40. The summed E-state index contributed by atoms with van der Waals surface area (Å²) in [6.45, 7) is 0. The van der Waals surface area contributed by atoms with Crippen LogP contribution in [0.5, 0.6) is 0 Å². The van der Waals surface area contributed by atoms with Gasteiger partial charge in [-0.3, -0.25) is 0 Å². The Hall–Kier alpha value is -0.0400. The van der Waals surface area contributed by atoms with Crippen LogP contribution < -0.4 is 0 Å². The van der Waals surface area contributed by atoms with Gasteiger partial charge in [-0.25, -0.2) is 0 Å². The first-order valence-corrected chi connectivity index (χ1v) is 8.39. The molecule has 0 heterocycles. The van der Waals surface area contributed by atoms with Crippen LogP contribution >= 0.6 is 0 Å². The molecule has 0 aromatic heterocycles. The van der Waals surface area contributed by atoms with Crippen molar-refractivity contribution in [3.63, 3.8) is 0 Å². The lowest BCUT2D eigenvalue weighted by molar-refractivity contribution is -0.0793. The maximum Gasteiger partial charge on any atom is 0.0548 e. The number of hydrogen-bond donors (Lipinski definition) is 1. The van der Waals surface area contributed by atoms with Gasteiger partial charge in [0.1, 0.15) is 0 Å². The van der Waals surface area contributed by atoms with Gasteiger partial charge >= 0.3 is 0 Å². The zero-order chi connectivity index (χ0) is 12.2. The molecular formula is C17H28O. The van der Waals surface area contributed by atoms with Crippen molar-refractivity contribution in [3.05, 3.63) is 0 Å². The van der Waals surface area contributed by atoms with Gasteiger partial charge in [0, 0.05) is 0 Å². The smallest absolute Gasteiger partial charge is 0.0548 e. The molecule has 0 aliphatic heterocycles. The van der Waals surface area contributed by atoms with E-state index in [0.717, 1.165) is 36.5 Å². The molecule has 5 fully saturated rings. The van der Waals surface area contributed by atoms with Crippen LogP contribution in [0.2, 0.25) is 0 Å². The molecule has 18 heavy (non-hydrogen) atoms. The molecule has 0 spiro atoms. The summed E-state index contributed by atoms with van der Waals surface area (Å²) in [6.07, 6.45) is 15.4. The van der Waals surface area contributed by atoms with Gasteiger partial charge in [0.15, 0.2) is 0 Å². The largest absolute Gasteiger partial charge is 0.393 e. The van der Waals surface area contributed by atoms with E-state index < -0.39 is 0 Å². The Morgan fingerprint density at radius 3 is 1.94 bits per heavy atom. The van der Waals surface area contributed by atoms with Gasteiger partial charge in [0.05, 0.1) is 6.10 Å². The predicted octanol–water partition coefficient (Wildman–Crippen LogP) is 4.14. The second-order valence-electron chi connectivity index (χ2n) is 8.31. The predicted molar refractivity (Wildman–Crippen MR) is 73.2 cm³/mol. The molecule has 5 aliphatic rings. The van der Waals surface area contributed by atoms with Crippen LogP contribution in [-0.2, 0) is 0 Å². The van der Waals surface area contributed by atoms with Gasteiger partial charge in [0.2, 0.25) is 0 Å². The second kappa shape index (κ2) is 4.23. The molecule has 5 rings (SSSR count). The van der Waals surface area contributed by atoms with Crippen LogP contribution in [0.15, 0.2) is 0 Å².